The van der Waals surface area contributed by atoms with Crippen molar-refractivity contribution in [3.63, 3.8) is 0 Å². The predicted octanol–water partition coefficient (Wildman–Crippen LogP) is 5.72. The summed E-state index contributed by atoms with van der Waals surface area (Å²) >= 11 is 0. The molecule has 0 aliphatic carbocycles. The molecule has 4 heteroatoms. The van der Waals surface area contributed by atoms with Gasteiger partial charge in [0.25, 0.3) is 0 Å². The van der Waals surface area contributed by atoms with Crippen molar-refractivity contribution in [2.24, 2.45) is 5.92 Å². The minimum absolute atomic E-state index is 0.428. The maximum atomic E-state index is 12.0. The molecule has 0 fully saturated rings. The summed E-state index contributed by atoms with van der Waals surface area (Å²) < 4.78 is 16.5. The van der Waals surface area contributed by atoms with Gasteiger partial charge >= 0.3 is 5.97 Å². The van der Waals surface area contributed by atoms with E-state index in [9.17, 15) is 4.79 Å². The molecular formula is C24H29O4. The molecule has 2 aromatic carbocycles. The molecular weight excluding hydrogens is 352 g/mol. The van der Waals surface area contributed by atoms with Gasteiger partial charge in [0.15, 0.2) is 0 Å². The third-order valence-electron chi connectivity index (χ3n) is 4.32. The largest absolute Gasteiger partial charge is 0.494 e. The van der Waals surface area contributed by atoms with Crippen LogP contribution in [0.4, 0.5) is 0 Å². The predicted molar refractivity (Wildman–Crippen MR) is 113 cm³/mol. The molecule has 2 aromatic rings. The first kappa shape index (κ1) is 21.5. The van der Waals surface area contributed by atoms with Gasteiger partial charge in [-0.15, -0.1) is 0 Å². The maximum Gasteiger partial charge on any atom is 0.336 e. The van der Waals surface area contributed by atoms with Crippen LogP contribution < -0.4 is 14.2 Å². The Morgan fingerprint density at radius 1 is 0.964 bits per heavy atom. The van der Waals surface area contributed by atoms with Crippen LogP contribution in [0.15, 0.2) is 54.6 Å². The average molecular weight is 381 g/mol. The normalized spacial score (nSPS) is 12.0. The van der Waals surface area contributed by atoms with Crippen molar-refractivity contribution in [3.8, 4) is 17.2 Å². The molecule has 0 aliphatic rings. The molecule has 0 saturated heterocycles. The Morgan fingerprint density at radius 3 is 2.14 bits per heavy atom. The highest BCUT2D eigenvalue weighted by molar-refractivity contribution is 5.88. The van der Waals surface area contributed by atoms with Crippen molar-refractivity contribution < 1.29 is 19.0 Å². The zero-order chi connectivity index (χ0) is 20.2. The molecule has 28 heavy (non-hydrogen) atoms. The fourth-order valence-corrected chi connectivity index (χ4v) is 2.37. The highest BCUT2D eigenvalue weighted by Gasteiger charge is 2.03. The van der Waals surface area contributed by atoms with Crippen molar-refractivity contribution in [2.45, 2.75) is 33.1 Å². The van der Waals surface area contributed by atoms with Crippen molar-refractivity contribution in [3.05, 3.63) is 67.1 Å². The molecule has 0 saturated carbocycles. The van der Waals surface area contributed by atoms with Crippen molar-refractivity contribution in [2.75, 3.05) is 13.2 Å². The smallest absolute Gasteiger partial charge is 0.336 e. The third kappa shape index (κ3) is 7.87. The van der Waals surface area contributed by atoms with E-state index in [0.717, 1.165) is 36.3 Å². The Morgan fingerprint density at radius 2 is 1.54 bits per heavy atom. The fourth-order valence-electron chi connectivity index (χ4n) is 2.37. The lowest BCUT2D eigenvalue weighted by molar-refractivity contribution is -0.128. The van der Waals surface area contributed by atoms with Gasteiger partial charge in [0, 0.05) is 6.08 Å². The Bertz CT molecular complexity index is 732. The Kier molecular flexibility index (Phi) is 9.13. The molecule has 4 nitrogen and oxygen atoms in total. The van der Waals surface area contributed by atoms with Gasteiger partial charge in [-0.3, -0.25) is 0 Å². The molecule has 0 bridgehead atoms. The Balaban J connectivity index is 1.79. The van der Waals surface area contributed by atoms with E-state index in [1.807, 2.05) is 36.4 Å². The van der Waals surface area contributed by atoms with Gasteiger partial charge in [-0.05, 0) is 73.7 Å². The van der Waals surface area contributed by atoms with Crippen LogP contribution in [0, 0.1) is 12.8 Å². The minimum Gasteiger partial charge on any atom is -0.494 e. The van der Waals surface area contributed by atoms with Crippen LogP contribution >= 0.6 is 0 Å². The van der Waals surface area contributed by atoms with Crippen molar-refractivity contribution in [1.29, 1.82) is 0 Å². The van der Waals surface area contributed by atoms with E-state index in [-0.39, 0.29) is 0 Å². The van der Waals surface area contributed by atoms with Gasteiger partial charge in [-0.25, -0.2) is 4.79 Å². The fraction of sp³-hybridized carbons (Fsp3) is 0.333. The summed E-state index contributed by atoms with van der Waals surface area (Å²) in [6.07, 6.45) is 6.02. The number of hydrogen-bond donors (Lipinski definition) is 0. The van der Waals surface area contributed by atoms with Crippen LogP contribution in [0.2, 0.25) is 0 Å². The summed E-state index contributed by atoms with van der Waals surface area (Å²) in [5.41, 5.74) is 0.893. The van der Waals surface area contributed by atoms with Crippen LogP contribution in [-0.4, -0.2) is 19.2 Å². The number of carbonyl (C=O) groups is 1. The number of benzene rings is 2. The zero-order valence-corrected chi connectivity index (χ0v) is 16.7. The second-order valence-corrected chi connectivity index (χ2v) is 6.65. The number of ether oxygens (including phenoxy) is 3. The van der Waals surface area contributed by atoms with E-state index in [0.29, 0.717) is 24.9 Å². The lowest BCUT2D eigenvalue weighted by Crippen LogP contribution is -2.04. The van der Waals surface area contributed by atoms with Gasteiger partial charge in [-0.2, -0.15) is 0 Å². The van der Waals surface area contributed by atoms with Crippen LogP contribution in [0.5, 0.6) is 17.2 Å². The monoisotopic (exact) mass is 381 g/mol. The summed E-state index contributed by atoms with van der Waals surface area (Å²) in [5, 5.41) is 0. The summed E-state index contributed by atoms with van der Waals surface area (Å²) in [4.78, 5) is 12.0. The van der Waals surface area contributed by atoms with Crippen LogP contribution in [0.25, 0.3) is 6.08 Å². The van der Waals surface area contributed by atoms with Gasteiger partial charge < -0.3 is 14.2 Å². The molecule has 0 amide bonds. The van der Waals surface area contributed by atoms with Crippen molar-refractivity contribution in [1.82, 2.24) is 0 Å². The average Bonchev–Trinajstić information content (AvgIpc) is 2.72. The van der Waals surface area contributed by atoms with Crippen LogP contribution in [0.1, 0.15) is 38.7 Å². The molecule has 1 unspecified atom stereocenters. The molecule has 0 spiro atoms. The SMILES string of the molecule is [CH2]CCOc1ccc(/C=C/C(=O)Oc2ccc(OCCC(C)CC)cc2)cc1. The molecule has 1 atom stereocenters. The summed E-state index contributed by atoms with van der Waals surface area (Å²) in [5.74, 6) is 2.28. The number of carbonyl (C=O) groups excluding carboxylic acids is 1. The Hall–Kier alpha value is -2.75. The van der Waals surface area contributed by atoms with E-state index in [2.05, 4.69) is 20.8 Å². The topological polar surface area (TPSA) is 44.8 Å². The number of rotatable bonds is 11. The first-order valence-electron chi connectivity index (χ1n) is 9.75. The second kappa shape index (κ2) is 11.9. The standard InChI is InChI=1S/C24H29O4/c1-4-17-26-21-9-6-20(7-10-21)8-15-24(25)28-23-13-11-22(12-14-23)27-18-16-19(3)5-2/h6-15,19H,1,4-5,16-18H2,2-3H3/b15-8+. The minimum atomic E-state index is -0.428. The van der Waals surface area contributed by atoms with Gasteiger partial charge in [0.1, 0.15) is 17.2 Å². The molecule has 1 radical (unpaired) electrons. The lowest BCUT2D eigenvalue weighted by atomic mass is 10.1. The highest BCUT2D eigenvalue weighted by atomic mass is 16.5. The summed E-state index contributed by atoms with van der Waals surface area (Å²) in [6.45, 7) is 9.40. The molecule has 0 aromatic heterocycles. The van der Waals surface area contributed by atoms with E-state index < -0.39 is 5.97 Å². The molecule has 0 aliphatic heterocycles. The second-order valence-electron chi connectivity index (χ2n) is 6.65. The first-order chi connectivity index (χ1) is 13.6. The van der Waals surface area contributed by atoms with E-state index >= 15 is 0 Å². The summed E-state index contributed by atoms with van der Waals surface area (Å²) in [6, 6.07) is 14.6. The van der Waals surface area contributed by atoms with Gasteiger partial charge in [0.05, 0.1) is 13.2 Å². The number of hydrogen-bond acceptors (Lipinski definition) is 4. The molecule has 0 N–H and O–H groups in total. The van der Waals surface area contributed by atoms with Crippen LogP contribution in [-0.2, 0) is 4.79 Å². The third-order valence-corrected chi connectivity index (χ3v) is 4.32. The van der Waals surface area contributed by atoms with Crippen LogP contribution in [0.3, 0.4) is 0 Å². The van der Waals surface area contributed by atoms with E-state index in [1.54, 1.807) is 18.2 Å². The maximum absolute atomic E-state index is 12.0. The van der Waals surface area contributed by atoms with E-state index in [4.69, 9.17) is 14.2 Å². The van der Waals surface area contributed by atoms with Gasteiger partial charge in [-0.1, -0.05) is 32.4 Å². The zero-order valence-electron chi connectivity index (χ0n) is 16.7. The highest BCUT2D eigenvalue weighted by Crippen LogP contribution is 2.19. The van der Waals surface area contributed by atoms with Crippen molar-refractivity contribution >= 4 is 12.0 Å². The van der Waals surface area contributed by atoms with Gasteiger partial charge in [0.2, 0.25) is 0 Å². The first-order valence-corrected chi connectivity index (χ1v) is 9.75. The Labute approximate surface area is 168 Å². The molecule has 2 rings (SSSR count). The summed E-state index contributed by atoms with van der Waals surface area (Å²) in [7, 11) is 0. The molecule has 149 valence electrons. The van der Waals surface area contributed by atoms with E-state index in [1.165, 1.54) is 6.08 Å². The lowest BCUT2D eigenvalue weighted by Gasteiger charge is -2.10. The molecule has 0 heterocycles. The number of esters is 1. The quantitative estimate of drug-likeness (QED) is 0.283.